The molecule has 2 rings (SSSR count). The number of aliphatic hydroxyl groups is 1. The molecule has 3 N–H and O–H groups in total. The Kier molecular flexibility index (Phi) is 13.3. The van der Waals surface area contributed by atoms with E-state index in [-0.39, 0.29) is 30.1 Å². The van der Waals surface area contributed by atoms with Gasteiger partial charge in [-0.05, 0) is 49.8 Å². The van der Waals surface area contributed by atoms with Gasteiger partial charge in [0.15, 0.2) is 5.96 Å². The highest BCUT2D eigenvalue weighted by atomic mass is 127. The molecule has 0 aromatic heterocycles. The molecule has 0 spiro atoms. The molecule has 1 saturated carbocycles. The van der Waals surface area contributed by atoms with E-state index in [1.165, 1.54) is 12.8 Å². The molecule has 1 aromatic rings. The maximum atomic E-state index is 10.4. The summed E-state index contributed by atoms with van der Waals surface area (Å²) in [6, 6.07) is 7.92. The van der Waals surface area contributed by atoms with Crippen molar-refractivity contribution in [3.8, 4) is 5.75 Å². The van der Waals surface area contributed by atoms with Crippen molar-refractivity contribution in [1.29, 1.82) is 0 Å². The van der Waals surface area contributed by atoms with Crippen molar-refractivity contribution in [2.75, 3.05) is 33.4 Å². The number of aliphatic imine (C=N–C) groups is 1. The minimum absolute atomic E-state index is 0. The van der Waals surface area contributed by atoms with Gasteiger partial charge in [-0.1, -0.05) is 25.0 Å². The molecule has 1 fully saturated rings. The molecule has 7 heteroatoms. The molecule has 28 heavy (non-hydrogen) atoms. The van der Waals surface area contributed by atoms with Crippen LogP contribution in [-0.4, -0.2) is 50.6 Å². The summed E-state index contributed by atoms with van der Waals surface area (Å²) in [6.07, 6.45) is 5.32. The number of methoxy groups -OCH3 is 1. The predicted molar refractivity (Wildman–Crippen MR) is 125 cm³/mol. The number of hydrogen-bond donors (Lipinski definition) is 3. The van der Waals surface area contributed by atoms with E-state index >= 15 is 0 Å². The largest absolute Gasteiger partial charge is 0.497 e. The fourth-order valence-corrected chi connectivity index (χ4v) is 3.31. The number of benzene rings is 1. The molecule has 6 nitrogen and oxygen atoms in total. The third-order valence-electron chi connectivity index (χ3n) is 4.96. The maximum Gasteiger partial charge on any atom is 0.191 e. The van der Waals surface area contributed by atoms with Crippen molar-refractivity contribution in [2.24, 2.45) is 10.9 Å². The zero-order valence-corrected chi connectivity index (χ0v) is 19.5. The first-order valence-electron chi connectivity index (χ1n) is 10.1. The van der Waals surface area contributed by atoms with Crippen LogP contribution in [-0.2, 0) is 11.3 Å². The van der Waals surface area contributed by atoms with Crippen molar-refractivity contribution >= 4 is 29.9 Å². The van der Waals surface area contributed by atoms with Crippen molar-refractivity contribution in [3.63, 3.8) is 0 Å². The Balaban J connectivity index is 0.00000392. The van der Waals surface area contributed by atoms with Gasteiger partial charge in [-0.25, -0.2) is 4.99 Å². The number of ether oxygens (including phenoxy) is 2. The first-order valence-corrected chi connectivity index (χ1v) is 10.1. The van der Waals surface area contributed by atoms with Crippen LogP contribution >= 0.6 is 24.0 Å². The Morgan fingerprint density at radius 3 is 2.57 bits per heavy atom. The van der Waals surface area contributed by atoms with Crippen LogP contribution in [0, 0.1) is 5.92 Å². The monoisotopic (exact) mass is 505 g/mol. The lowest BCUT2D eigenvalue weighted by atomic mass is 10.0. The molecule has 0 heterocycles. The average Bonchev–Trinajstić information content (AvgIpc) is 3.24. The standard InChI is InChI=1S/C21H35N3O3.HI/c1-3-27-14-6-13-22-21(24-16-20(25)18-7-4-5-8-18)23-15-17-9-11-19(26-2)12-10-17;/h9-12,18,20,25H,3-8,13-16H2,1-2H3,(H2,22,23,24);1H. The third kappa shape index (κ3) is 9.43. The highest BCUT2D eigenvalue weighted by Gasteiger charge is 2.23. The number of guanidine groups is 1. The molecule has 1 unspecified atom stereocenters. The quantitative estimate of drug-likeness (QED) is 0.186. The van der Waals surface area contributed by atoms with Gasteiger partial charge >= 0.3 is 0 Å². The van der Waals surface area contributed by atoms with E-state index in [0.717, 1.165) is 56.3 Å². The summed E-state index contributed by atoms with van der Waals surface area (Å²) >= 11 is 0. The highest BCUT2D eigenvalue weighted by Crippen LogP contribution is 2.27. The van der Waals surface area contributed by atoms with Gasteiger partial charge in [0.25, 0.3) is 0 Å². The molecule has 0 radical (unpaired) electrons. The Morgan fingerprint density at radius 2 is 1.93 bits per heavy atom. The van der Waals surface area contributed by atoms with Crippen molar-refractivity contribution in [3.05, 3.63) is 29.8 Å². The van der Waals surface area contributed by atoms with E-state index in [9.17, 15) is 5.11 Å². The number of nitrogens with one attached hydrogen (secondary N) is 2. The highest BCUT2D eigenvalue weighted by molar-refractivity contribution is 14.0. The Labute approximate surface area is 186 Å². The van der Waals surface area contributed by atoms with Gasteiger partial charge < -0.3 is 25.2 Å². The van der Waals surface area contributed by atoms with Gasteiger partial charge in [0.05, 0.1) is 19.8 Å². The number of nitrogens with zero attached hydrogens (tertiary/aromatic N) is 1. The molecule has 1 atom stereocenters. The van der Waals surface area contributed by atoms with Crippen LogP contribution in [0.3, 0.4) is 0 Å². The van der Waals surface area contributed by atoms with E-state index < -0.39 is 0 Å². The topological polar surface area (TPSA) is 75.1 Å². The van der Waals surface area contributed by atoms with Gasteiger partial charge in [-0.2, -0.15) is 0 Å². The first-order chi connectivity index (χ1) is 13.2. The third-order valence-corrected chi connectivity index (χ3v) is 4.96. The zero-order chi connectivity index (χ0) is 19.3. The van der Waals surface area contributed by atoms with Crippen LogP contribution in [0.2, 0.25) is 0 Å². The normalized spacial score (nSPS) is 15.8. The lowest BCUT2D eigenvalue weighted by molar-refractivity contribution is 0.114. The number of halogens is 1. The molecule has 0 bridgehead atoms. The molecule has 1 aromatic carbocycles. The summed E-state index contributed by atoms with van der Waals surface area (Å²) in [4.78, 5) is 4.67. The van der Waals surface area contributed by atoms with E-state index in [1.807, 2.05) is 31.2 Å². The van der Waals surface area contributed by atoms with E-state index in [0.29, 0.717) is 19.0 Å². The smallest absolute Gasteiger partial charge is 0.191 e. The molecule has 1 aliphatic rings. The second-order valence-electron chi connectivity index (χ2n) is 6.98. The van der Waals surface area contributed by atoms with Gasteiger partial charge in [-0.15, -0.1) is 24.0 Å². The molecule has 0 amide bonds. The second-order valence-corrected chi connectivity index (χ2v) is 6.98. The summed E-state index contributed by atoms with van der Waals surface area (Å²) in [6.45, 7) is 5.37. The first kappa shape index (κ1) is 25.0. The average molecular weight is 505 g/mol. The summed E-state index contributed by atoms with van der Waals surface area (Å²) in [7, 11) is 1.66. The summed E-state index contributed by atoms with van der Waals surface area (Å²) in [5.74, 6) is 1.99. The van der Waals surface area contributed by atoms with Crippen molar-refractivity contribution in [1.82, 2.24) is 10.6 Å². The fraction of sp³-hybridized carbons (Fsp3) is 0.667. The minimum atomic E-state index is -0.316. The Hall–Kier alpha value is -1.06. The van der Waals surface area contributed by atoms with Crippen molar-refractivity contribution < 1.29 is 14.6 Å². The van der Waals surface area contributed by atoms with Gasteiger partial charge in [0.1, 0.15) is 5.75 Å². The SMILES string of the molecule is CCOCCCNC(=NCc1ccc(OC)cc1)NCC(O)C1CCCC1.I. The number of hydrogen-bond acceptors (Lipinski definition) is 4. The Bertz CT molecular complexity index is 548. The van der Waals surface area contributed by atoms with Gasteiger partial charge in [-0.3, -0.25) is 0 Å². The maximum absolute atomic E-state index is 10.4. The van der Waals surface area contributed by atoms with Crippen LogP contribution in [0.4, 0.5) is 0 Å². The van der Waals surface area contributed by atoms with E-state index in [2.05, 4.69) is 15.6 Å². The second kappa shape index (κ2) is 14.9. The van der Waals surface area contributed by atoms with E-state index in [4.69, 9.17) is 9.47 Å². The van der Waals surface area contributed by atoms with Crippen LogP contribution in [0.1, 0.15) is 44.6 Å². The fourth-order valence-electron chi connectivity index (χ4n) is 3.31. The van der Waals surface area contributed by atoms with Crippen LogP contribution in [0.5, 0.6) is 5.75 Å². The number of rotatable bonds is 11. The lowest BCUT2D eigenvalue weighted by Crippen LogP contribution is -2.43. The van der Waals surface area contributed by atoms with Crippen molar-refractivity contribution in [2.45, 2.75) is 51.7 Å². The van der Waals surface area contributed by atoms with Gasteiger partial charge in [0.2, 0.25) is 0 Å². The molecule has 0 saturated heterocycles. The summed E-state index contributed by atoms with van der Waals surface area (Å²) in [5.41, 5.74) is 1.11. The summed E-state index contributed by atoms with van der Waals surface area (Å²) in [5, 5.41) is 17.0. The lowest BCUT2D eigenvalue weighted by Gasteiger charge is -2.20. The Morgan fingerprint density at radius 1 is 1.21 bits per heavy atom. The van der Waals surface area contributed by atoms with Crippen LogP contribution in [0.25, 0.3) is 0 Å². The molecular formula is C21H36IN3O3. The molecule has 1 aliphatic carbocycles. The molecule has 0 aliphatic heterocycles. The van der Waals surface area contributed by atoms with Gasteiger partial charge in [0, 0.05) is 26.3 Å². The molecule has 160 valence electrons. The molecular weight excluding hydrogens is 469 g/mol. The van der Waals surface area contributed by atoms with E-state index in [1.54, 1.807) is 7.11 Å². The number of aliphatic hydroxyl groups excluding tert-OH is 1. The minimum Gasteiger partial charge on any atom is -0.497 e. The predicted octanol–water partition coefficient (Wildman–Crippen LogP) is 3.33. The zero-order valence-electron chi connectivity index (χ0n) is 17.2. The van der Waals surface area contributed by atoms with Crippen LogP contribution in [0.15, 0.2) is 29.3 Å². The van der Waals surface area contributed by atoms with Crippen LogP contribution < -0.4 is 15.4 Å². The summed E-state index contributed by atoms with van der Waals surface area (Å²) < 4.78 is 10.6.